The van der Waals surface area contributed by atoms with E-state index >= 15 is 0 Å². The molecule has 0 aliphatic rings. The molecule has 0 spiro atoms. The number of carbonyl (C=O) groups is 1. The lowest BCUT2D eigenvalue weighted by Gasteiger charge is -2.05. The van der Waals surface area contributed by atoms with Crippen molar-refractivity contribution in [3.05, 3.63) is 29.3 Å². The molecule has 1 aromatic rings. The van der Waals surface area contributed by atoms with Gasteiger partial charge in [0.05, 0.1) is 5.56 Å². The molecule has 0 heterocycles. The number of benzene rings is 1. The van der Waals surface area contributed by atoms with Crippen molar-refractivity contribution in [1.29, 1.82) is 0 Å². The molecule has 0 aliphatic heterocycles. The fraction of sp³-hybridized carbons (Fsp3) is 0.300. The molecular weight excluding hydrogens is 204 g/mol. The van der Waals surface area contributed by atoms with Gasteiger partial charge in [-0.15, -0.1) is 0 Å². The lowest BCUT2D eigenvalue weighted by atomic mass is 10.1. The molecule has 15 heavy (non-hydrogen) atoms. The molecular formula is C10H11F2NO2. The van der Waals surface area contributed by atoms with Gasteiger partial charge in [-0.05, 0) is 30.7 Å². The number of halogens is 2. The summed E-state index contributed by atoms with van der Waals surface area (Å²) in [7, 11) is 0. The summed E-state index contributed by atoms with van der Waals surface area (Å²) in [5.74, 6) is -0.786. The molecule has 0 fully saturated rings. The van der Waals surface area contributed by atoms with E-state index in [9.17, 15) is 13.6 Å². The molecule has 0 aliphatic carbocycles. The highest BCUT2D eigenvalue weighted by Gasteiger charge is 2.11. The lowest BCUT2D eigenvalue weighted by Crippen LogP contribution is -2.12. The minimum absolute atomic E-state index is 0.188. The number of nitrogen functional groups attached to an aromatic ring is 1. The van der Waals surface area contributed by atoms with Crippen LogP contribution in [0.3, 0.4) is 0 Å². The zero-order valence-corrected chi connectivity index (χ0v) is 8.17. The maximum absolute atomic E-state index is 11.8. The standard InChI is InChI=1S/C10H11F2NO2/c1-6-2-7(4-8(13)3-6)10(14)15-5-9(11)12/h2-4,9H,5,13H2,1H3. The third-order valence-electron chi connectivity index (χ3n) is 1.68. The van der Waals surface area contributed by atoms with Crippen molar-refractivity contribution in [3.8, 4) is 0 Å². The second-order valence-electron chi connectivity index (χ2n) is 3.12. The predicted octanol–water partition coefficient (Wildman–Crippen LogP) is 2.00. The van der Waals surface area contributed by atoms with E-state index < -0.39 is 19.0 Å². The number of carbonyl (C=O) groups excluding carboxylic acids is 1. The van der Waals surface area contributed by atoms with Crippen LogP contribution in [0, 0.1) is 6.92 Å². The molecule has 0 aromatic heterocycles. The number of rotatable bonds is 3. The van der Waals surface area contributed by atoms with Crippen LogP contribution < -0.4 is 5.73 Å². The van der Waals surface area contributed by atoms with Crippen LogP contribution in [0.1, 0.15) is 15.9 Å². The molecule has 0 unspecified atom stereocenters. The van der Waals surface area contributed by atoms with Gasteiger partial charge in [0.25, 0.3) is 6.43 Å². The Balaban J connectivity index is 2.73. The Morgan fingerprint density at radius 3 is 2.67 bits per heavy atom. The minimum atomic E-state index is -2.66. The van der Waals surface area contributed by atoms with Crippen molar-refractivity contribution in [2.45, 2.75) is 13.3 Å². The van der Waals surface area contributed by atoms with E-state index in [1.54, 1.807) is 13.0 Å². The average Bonchev–Trinajstić information content (AvgIpc) is 2.12. The topological polar surface area (TPSA) is 52.3 Å². The van der Waals surface area contributed by atoms with Crippen LogP contribution in [0.2, 0.25) is 0 Å². The van der Waals surface area contributed by atoms with E-state index in [0.29, 0.717) is 5.69 Å². The maximum Gasteiger partial charge on any atom is 0.338 e. The van der Waals surface area contributed by atoms with E-state index in [1.165, 1.54) is 12.1 Å². The number of hydrogen-bond acceptors (Lipinski definition) is 3. The summed E-state index contributed by atoms with van der Waals surface area (Å²) in [4.78, 5) is 11.2. The molecule has 5 heteroatoms. The van der Waals surface area contributed by atoms with E-state index in [0.717, 1.165) is 5.56 Å². The van der Waals surface area contributed by atoms with Gasteiger partial charge >= 0.3 is 5.97 Å². The third kappa shape index (κ3) is 3.53. The largest absolute Gasteiger partial charge is 0.456 e. The highest BCUT2D eigenvalue weighted by atomic mass is 19.3. The molecule has 3 nitrogen and oxygen atoms in total. The van der Waals surface area contributed by atoms with Gasteiger partial charge in [-0.25, -0.2) is 13.6 Å². The summed E-state index contributed by atoms with van der Waals surface area (Å²) in [5.41, 5.74) is 6.86. The van der Waals surface area contributed by atoms with Crippen LogP contribution in [-0.4, -0.2) is 19.0 Å². The second kappa shape index (κ2) is 4.72. The number of aryl methyl sites for hydroxylation is 1. The summed E-state index contributed by atoms with van der Waals surface area (Å²) in [6, 6.07) is 4.59. The van der Waals surface area contributed by atoms with Crippen molar-refractivity contribution in [2.24, 2.45) is 0 Å². The predicted molar refractivity (Wildman–Crippen MR) is 51.9 cm³/mol. The molecule has 2 N–H and O–H groups in total. The summed E-state index contributed by atoms with van der Waals surface area (Å²) in [6.07, 6.45) is -2.66. The molecule has 1 aromatic carbocycles. The van der Waals surface area contributed by atoms with Gasteiger partial charge in [0.15, 0.2) is 6.61 Å². The first-order valence-corrected chi connectivity index (χ1v) is 4.31. The third-order valence-corrected chi connectivity index (χ3v) is 1.68. The number of ether oxygens (including phenoxy) is 1. The first kappa shape index (κ1) is 11.4. The Labute approximate surface area is 85.8 Å². The monoisotopic (exact) mass is 215 g/mol. The van der Waals surface area contributed by atoms with Gasteiger partial charge in [0.2, 0.25) is 0 Å². The average molecular weight is 215 g/mol. The van der Waals surface area contributed by atoms with Gasteiger partial charge in [-0.3, -0.25) is 0 Å². The first-order chi connectivity index (χ1) is 6.99. The van der Waals surface area contributed by atoms with Crippen molar-refractivity contribution >= 4 is 11.7 Å². The van der Waals surface area contributed by atoms with Crippen LogP contribution in [0.25, 0.3) is 0 Å². The molecule has 1 rings (SSSR count). The molecule has 0 atom stereocenters. The summed E-state index contributed by atoms with van der Waals surface area (Å²) >= 11 is 0. The van der Waals surface area contributed by atoms with Crippen LogP contribution in [0.5, 0.6) is 0 Å². The van der Waals surface area contributed by atoms with Crippen LogP contribution in [-0.2, 0) is 4.74 Å². The van der Waals surface area contributed by atoms with Gasteiger partial charge in [0, 0.05) is 5.69 Å². The highest BCUT2D eigenvalue weighted by Crippen LogP contribution is 2.12. The van der Waals surface area contributed by atoms with E-state index in [4.69, 9.17) is 5.73 Å². The SMILES string of the molecule is Cc1cc(N)cc(C(=O)OCC(F)F)c1. The Kier molecular flexibility index (Phi) is 3.60. The number of nitrogens with two attached hydrogens (primary N) is 1. The van der Waals surface area contributed by atoms with Crippen LogP contribution in [0.4, 0.5) is 14.5 Å². The lowest BCUT2D eigenvalue weighted by molar-refractivity contribution is 0.0160. The molecule has 0 radical (unpaired) electrons. The molecule has 0 amide bonds. The maximum atomic E-state index is 11.8. The molecule has 0 bridgehead atoms. The highest BCUT2D eigenvalue weighted by molar-refractivity contribution is 5.90. The van der Waals surface area contributed by atoms with Gasteiger partial charge < -0.3 is 10.5 Å². The fourth-order valence-electron chi connectivity index (χ4n) is 1.15. The summed E-state index contributed by atoms with van der Waals surface area (Å²) in [5, 5.41) is 0. The minimum Gasteiger partial charge on any atom is -0.456 e. The Hall–Kier alpha value is -1.65. The zero-order chi connectivity index (χ0) is 11.4. The molecule has 82 valence electrons. The van der Waals surface area contributed by atoms with Crippen LogP contribution >= 0.6 is 0 Å². The van der Waals surface area contributed by atoms with E-state index in [2.05, 4.69) is 4.74 Å². The Morgan fingerprint density at radius 1 is 1.47 bits per heavy atom. The fourth-order valence-corrected chi connectivity index (χ4v) is 1.15. The zero-order valence-electron chi connectivity index (χ0n) is 8.17. The van der Waals surface area contributed by atoms with Crippen molar-refractivity contribution in [1.82, 2.24) is 0 Å². The normalized spacial score (nSPS) is 10.4. The number of alkyl halides is 2. The van der Waals surface area contributed by atoms with Crippen molar-refractivity contribution in [3.63, 3.8) is 0 Å². The number of anilines is 1. The van der Waals surface area contributed by atoms with E-state index in [1.807, 2.05) is 0 Å². The smallest absolute Gasteiger partial charge is 0.338 e. The summed E-state index contributed by atoms with van der Waals surface area (Å²) in [6.45, 7) is 0.854. The Bertz CT molecular complexity index is 346. The number of hydrogen-bond donors (Lipinski definition) is 1. The molecule has 0 saturated carbocycles. The number of esters is 1. The van der Waals surface area contributed by atoms with Crippen molar-refractivity contribution < 1.29 is 18.3 Å². The molecule has 0 saturated heterocycles. The van der Waals surface area contributed by atoms with Gasteiger partial charge in [-0.2, -0.15) is 0 Å². The quantitative estimate of drug-likeness (QED) is 0.619. The first-order valence-electron chi connectivity index (χ1n) is 4.31. The van der Waals surface area contributed by atoms with Gasteiger partial charge in [0.1, 0.15) is 0 Å². The Morgan fingerprint density at radius 2 is 2.13 bits per heavy atom. The van der Waals surface area contributed by atoms with E-state index in [-0.39, 0.29) is 5.56 Å². The van der Waals surface area contributed by atoms with Gasteiger partial charge in [-0.1, -0.05) is 0 Å². The summed E-state index contributed by atoms with van der Waals surface area (Å²) < 4.78 is 27.9. The second-order valence-corrected chi connectivity index (χ2v) is 3.12. The van der Waals surface area contributed by atoms with Crippen LogP contribution in [0.15, 0.2) is 18.2 Å². The van der Waals surface area contributed by atoms with Crippen molar-refractivity contribution in [2.75, 3.05) is 12.3 Å².